The summed E-state index contributed by atoms with van der Waals surface area (Å²) in [4.78, 5) is 11.4. The van der Waals surface area contributed by atoms with Gasteiger partial charge < -0.3 is 9.73 Å². The molecule has 1 aromatic heterocycles. The molecule has 0 spiro atoms. The summed E-state index contributed by atoms with van der Waals surface area (Å²) in [7, 11) is 0. The van der Waals surface area contributed by atoms with E-state index in [4.69, 9.17) is 16.0 Å². The maximum atomic E-state index is 11.4. The third-order valence-electron chi connectivity index (χ3n) is 1.46. The lowest BCUT2D eigenvalue weighted by Gasteiger charge is -2.00. The van der Waals surface area contributed by atoms with Crippen molar-refractivity contribution >= 4 is 33.4 Å². The fourth-order valence-corrected chi connectivity index (χ4v) is 1.37. The number of halogens is 2. The Balaban J connectivity index is 2.45. The highest BCUT2D eigenvalue weighted by Gasteiger charge is 2.10. The van der Waals surface area contributed by atoms with Crippen LogP contribution in [-0.2, 0) is 0 Å². The van der Waals surface area contributed by atoms with Gasteiger partial charge in [-0.1, -0.05) is 0 Å². The zero-order chi connectivity index (χ0) is 9.68. The van der Waals surface area contributed by atoms with Gasteiger partial charge in [-0.15, -0.1) is 11.6 Å². The van der Waals surface area contributed by atoms with Crippen molar-refractivity contribution in [2.24, 2.45) is 0 Å². The van der Waals surface area contributed by atoms with Crippen molar-refractivity contribution in [3.8, 4) is 0 Å². The molecule has 0 saturated carbocycles. The first-order valence-corrected chi connectivity index (χ1v) is 5.15. The molecule has 5 heteroatoms. The highest BCUT2D eigenvalue weighted by Crippen LogP contribution is 2.16. The van der Waals surface area contributed by atoms with Gasteiger partial charge in [0.2, 0.25) is 0 Å². The fraction of sp³-hybridized carbons (Fsp3) is 0.375. The zero-order valence-electron chi connectivity index (χ0n) is 6.85. The van der Waals surface area contributed by atoms with Crippen LogP contribution in [0, 0.1) is 0 Å². The second kappa shape index (κ2) is 5.29. The Morgan fingerprint density at radius 2 is 2.46 bits per heavy atom. The van der Waals surface area contributed by atoms with Gasteiger partial charge in [0.15, 0.2) is 4.67 Å². The molecule has 0 aliphatic heterocycles. The van der Waals surface area contributed by atoms with Gasteiger partial charge in [-0.05, 0) is 28.4 Å². The summed E-state index contributed by atoms with van der Waals surface area (Å²) < 4.78 is 5.38. The van der Waals surface area contributed by atoms with Crippen molar-refractivity contribution in [2.75, 3.05) is 12.4 Å². The summed E-state index contributed by atoms with van der Waals surface area (Å²) >= 11 is 8.58. The minimum Gasteiger partial charge on any atom is -0.457 e. The molecule has 0 saturated heterocycles. The highest BCUT2D eigenvalue weighted by molar-refractivity contribution is 9.10. The van der Waals surface area contributed by atoms with E-state index in [1.54, 1.807) is 6.07 Å². The average Bonchev–Trinajstić information content (AvgIpc) is 2.52. The standard InChI is InChI=1S/C8H9BrClNO2/c9-7-6(2-5-13-7)8(12)11-4-1-3-10/h2,5H,1,3-4H2,(H,11,12). The lowest BCUT2D eigenvalue weighted by Crippen LogP contribution is -2.24. The average molecular weight is 267 g/mol. The smallest absolute Gasteiger partial charge is 0.255 e. The molecule has 72 valence electrons. The molecule has 0 atom stereocenters. The van der Waals surface area contributed by atoms with Crippen LogP contribution in [-0.4, -0.2) is 18.3 Å². The first-order valence-electron chi connectivity index (χ1n) is 3.83. The van der Waals surface area contributed by atoms with Gasteiger partial charge in [0.1, 0.15) is 0 Å². The molecule has 0 aliphatic carbocycles. The van der Waals surface area contributed by atoms with E-state index in [-0.39, 0.29) is 5.91 Å². The molecule has 1 aromatic rings. The van der Waals surface area contributed by atoms with Gasteiger partial charge in [0.25, 0.3) is 5.91 Å². The molecule has 1 amide bonds. The van der Waals surface area contributed by atoms with E-state index in [1.165, 1.54) is 6.26 Å². The fourth-order valence-electron chi connectivity index (χ4n) is 0.820. The van der Waals surface area contributed by atoms with Crippen LogP contribution in [0.5, 0.6) is 0 Å². The van der Waals surface area contributed by atoms with Gasteiger partial charge in [0.05, 0.1) is 11.8 Å². The Hall–Kier alpha value is -0.480. The number of carbonyl (C=O) groups excluding carboxylic acids is 1. The minimum absolute atomic E-state index is 0.147. The topological polar surface area (TPSA) is 42.2 Å². The van der Waals surface area contributed by atoms with Gasteiger partial charge in [-0.25, -0.2) is 0 Å². The number of hydrogen-bond acceptors (Lipinski definition) is 2. The van der Waals surface area contributed by atoms with E-state index in [0.29, 0.717) is 22.7 Å². The van der Waals surface area contributed by atoms with E-state index < -0.39 is 0 Å². The SMILES string of the molecule is O=C(NCCCCl)c1ccoc1Br. The molecule has 0 unspecified atom stereocenters. The van der Waals surface area contributed by atoms with Crippen molar-refractivity contribution in [1.29, 1.82) is 0 Å². The summed E-state index contributed by atoms with van der Waals surface area (Å²) in [5.74, 6) is 0.401. The van der Waals surface area contributed by atoms with Gasteiger partial charge in [-0.3, -0.25) is 4.79 Å². The third kappa shape index (κ3) is 3.04. The Morgan fingerprint density at radius 3 is 3.00 bits per heavy atom. The summed E-state index contributed by atoms with van der Waals surface area (Å²) in [6.45, 7) is 0.583. The number of amides is 1. The van der Waals surface area contributed by atoms with Crippen LogP contribution in [0.1, 0.15) is 16.8 Å². The van der Waals surface area contributed by atoms with Crippen LogP contribution in [0.25, 0.3) is 0 Å². The van der Waals surface area contributed by atoms with E-state index in [9.17, 15) is 4.79 Å². The predicted molar refractivity (Wildman–Crippen MR) is 54.1 cm³/mol. The van der Waals surface area contributed by atoms with Crippen molar-refractivity contribution in [3.63, 3.8) is 0 Å². The Morgan fingerprint density at radius 1 is 1.69 bits per heavy atom. The van der Waals surface area contributed by atoms with E-state index in [2.05, 4.69) is 21.2 Å². The minimum atomic E-state index is -0.147. The summed E-state index contributed by atoms with van der Waals surface area (Å²) in [5.41, 5.74) is 0.509. The third-order valence-corrected chi connectivity index (χ3v) is 2.34. The molecule has 1 N–H and O–H groups in total. The molecule has 0 aromatic carbocycles. The van der Waals surface area contributed by atoms with Crippen LogP contribution >= 0.6 is 27.5 Å². The largest absolute Gasteiger partial charge is 0.457 e. The van der Waals surface area contributed by atoms with E-state index in [1.807, 2.05) is 0 Å². The lowest BCUT2D eigenvalue weighted by atomic mass is 10.3. The Labute approximate surface area is 89.6 Å². The Bertz CT molecular complexity index is 287. The summed E-state index contributed by atoms with van der Waals surface area (Å²) in [5, 5.41) is 2.71. The maximum absolute atomic E-state index is 11.4. The first-order chi connectivity index (χ1) is 6.25. The molecular formula is C8H9BrClNO2. The lowest BCUT2D eigenvalue weighted by molar-refractivity contribution is 0.0952. The molecule has 3 nitrogen and oxygen atoms in total. The molecule has 0 aliphatic rings. The summed E-state index contributed by atoms with van der Waals surface area (Å²) in [6.07, 6.45) is 2.23. The van der Waals surface area contributed by atoms with Crippen LogP contribution in [0.15, 0.2) is 21.4 Å². The number of carbonyl (C=O) groups is 1. The van der Waals surface area contributed by atoms with Crippen LogP contribution in [0.2, 0.25) is 0 Å². The van der Waals surface area contributed by atoms with Crippen LogP contribution in [0.3, 0.4) is 0 Å². The monoisotopic (exact) mass is 265 g/mol. The molecule has 13 heavy (non-hydrogen) atoms. The first kappa shape index (κ1) is 10.6. The number of furan rings is 1. The van der Waals surface area contributed by atoms with Crippen molar-refractivity contribution < 1.29 is 9.21 Å². The second-order valence-corrected chi connectivity index (χ2v) is 3.50. The van der Waals surface area contributed by atoms with Crippen LogP contribution < -0.4 is 5.32 Å². The summed E-state index contributed by atoms with van der Waals surface area (Å²) in [6, 6.07) is 1.61. The van der Waals surface area contributed by atoms with Gasteiger partial charge in [-0.2, -0.15) is 0 Å². The molecule has 0 fully saturated rings. The van der Waals surface area contributed by atoms with Crippen molar-refractivity contribution in [2.45, 2.75) is 6.42 Å². The van der Waals surface area contributed by atoms with Crippen molar-refractivity contribution in [1.82, 2.24) is 5.32 Å². The van der Waals surface area contributed by atoms with Gasteiger partial charge in [0, 0.05) is 12.4 Å². The number of hydrogen-bond donors (Lipinski definition) is 1. The number of alkyl halides is 1. The normalized spacial score (nSPS) is 10.0. The van der Waals surface area contributed by atoms with E-state index in [0.717, 1.165) is 6.42 Å². The highest BCUT2D eigenvalue weighted by atomic mass is 79.9. The Kier molecular flexibility index (Phi) is 4.32. The molecule has 0 radical (unpaired) electrons. The maximum Gasteiger partial charge on any atom is 0.255 e. The second-order valence-electron chi connectivity index (χ2n) is 2.41. The number of nitrogens with one attached hydrogen (secondary N) is 1. The van der Waals surface area contributed by atoms with Crippen LogP contribution in [0.4, 0.5) is 0 Å². The molecule has 1 heterocycles. The predicted octanol–water partition coefficient (Wildman–Crippen LogP) is 2.40. The number of rotatable bonds is 4. The quantitative estimate of drug-likeness (QED) is 0.672. The molecule has 1 rings (SSSR count). The van der Waals surface area contributed by atoms with E-state index >= 15 is 0 Å². The van der Waals surface area contributed by atoms with Crippen molar-refractivity contribution in [3.05, 3.63) is 22.6 Å². The molecular weight excluding hydrogens is 257 g/mol. The van der Waals surface area contributed by atoms with Gasteiger partial charge >= 0.3 is 0 Å². The molecule has 0 bridgehead atoms. The zero-order valence-corrected chi connectivity index (χ0v) is 9.19.